The Morgan fingerprint density at radius 3 is 2.31 bits per heavy atom. The van der Waals surface area contributed by atoms with Crippen molar-refractivity contribution in [3.8, 4) is 0 Å². The van der Waals surface area contributed by atoms with E-state index in [4.69, 9.17) is 4.74 Å². The summed E-state index contributed by atoms with van der Waals surface area (Å²) in [6.45, 7) is 7.71. The fourth-order valence-corrected chi connectivity index (χ4v) is 1.07. The van der Waals surface area contributed by atoms with Crippen molar-refractivity contribution in [2.24, 2.45) is 0 Å². The van der Waals surface area contributed by atoms with E-state index in [9.17, 15) is 4.79 Å². The molecule has 13 heavy (non-hydrogen) atoms. The van der Waals surface area contributed by atoms with Crippen LogP contribution in [0.15, 0.2) is 0 Å². The number of hydrogen-bond acceptors (Lipinski definition) is 2. The summed E-state index contributed by atoms with van der Waals surface area (Å²) in [6, 6.07) is 0. The number of carbonyl (C=O) groups is 1. The molecule has 0 aromatic rings. The summed E-state index contributed by atoms with van der Waals surface area (Å²) in [6.07, 6.45) is 2.94. The lowest BCUT2D eigenvalue weighted by Crippen LogP contribution is -2.40. The molecule has 0 unspecified atom stereocenters. The lowest BCUT2D eigenvalue weighted by molar-refractivity contribution is -0.122. The molecule has 0 spiro atoms. The maximum atomic E-state index is 10.7. The monoisotopic (exact) mass is 187 g/mol. The molecule has 0 saturated heterocycles. The number of carbonyl (C=O) groups excluding carboxylic acids is 1. The summed E-state index contributed by atoms with van der Waals surface area (Å²) in [5, 5.41) is 0. The SMILES string of the molecule is COCCCCN(C=O)C(C)(C)C. The van der Waals surface area contributed by atoms with Gasteiger partial charge in [0, 0.05) is 25.8 Å². The molecule has 0 atom stereocenters. The predicted octanol–water partition coefficient (Wildman–Crippen LogP) is 1.67. The molecule has 3 nitrogen and oxygen atoms in total. The Bertz CT molecular complexity index is 140. The molecule has 0 heterocycles. The first kappa shape index (κ1) is 12.4. The molecule has 0 aliphatic rings. The Balaban J connectivity index is 3.67. The highest BCUT2D eigenvalue weighted by Crippen LogP contribution is 2.11. The number of amides is 1. The van der Waals surface area contributed by atoms with E-state index in [1.165, 1.54) is 0 Å². The minimum absolute atomic E-state index is 0.0607. The van der Waals surface area contributed by atoms with E-state index < -0.39 is 0 Å². The van der Waals surface area contributed by atoms with Crippen LogP contribution in [-0.2, 0) is 9.53 Å². The second-order valence-electron chi connectivity index (χ2n) is 4.17. The van der Waals surface area contributed by atoms with Crippen molar-refractivity contribution in [1.82, 2.24) is 4.90 Å². The third kappa shape index (κ3) is 5.64. The van der Waals surface area contributed by atoms with Gasteiger partial charge >= 0.3 is 0 Å². The van der Waals surface area contributed by atoms with Gasteiger partial charge in [0.2, 0.25) is 6.41 Å². The molecular formula is C10H21NO2. The number of nitrogens with zero attached hydrogens (tertiary/aromatic N) is 1. The number of ether oxygens (including phenoxy) is 1. The highest BCUT2D eigenvalue weighted by Gasteiger charge is 2.18. The van der Waals surface area contributed by atoms with Crippen LogP contribution in [0.5, 0.6) is 0 Å². The van der Waals surface area contributed by atoms with E-state index in [1.807, 2.05) is 25.7 Å². The summed E-state index contributed by atoms with van der Waals surface area (Å²) < 4.78 is 4.94. The number of unbranched alkanes of at least 4 members (excludes halogenated alkanes) is 1. The van der Waals surface area contributed by atoms with E-state index in [0.29, 0.717) is 0 Å². The van der Waals surface area contributed by atoms with Gasteiger partial charge in [-0.25, -0.2) is 0 Å². The van der Waals surface area contributed by atoms with E-state index in [1.54, 1.807) is 7.11 Å². The van der Waals surface area contributed by atoms with Crippen LogP contribution in [-0.4, -0.2) is 37.1 Å². The maximum Gasteiger partial charge on any atom is 0.210 e. The van der Waals surface area contributed by atoms with Crippen molar-refractivity contribution >= 4 is 6.41 Å². The minimum atomic E-state index is -0.0607. The molecule has 0 aromatic carbocycles. The van der Waals surface area contributed by atoms with Gasteiger partial charge in [-0.05, 0) is 33.6 Å². The quantitative estimate of drug-likeness (QED) is 0.467. The Morgan fingerprint density at radius 1 is 1.31 bits per heavy atom. The fourth-order valence-electron chi connectivity index (χ4n) is 1.07. The van der Waals surface area contributed by atoms with E-state index in [2.05, 4.69) is 0 Å². The molecule has 0 aliphatic carbocycles. The summed E-state index contributed by atoms with van der Waals surface area (Å²) in [5.74, 6) is 0. The largest absolute Gasteiger partial charge is 0.385 e. The smallest absolute Gasteiger partial charge is 0.210 e. The van der Waals surface area contributed by atoms with Crippen molar-refractivity contribution in [1.29, 1.82) is 0 Å². The van der Waals surface area contributed by atoms with E-state index in [-0.39, 0.29) is 5.54 Å². The topological polar surface area (TPSA) is 29.5 Å². The molecule has 1 amide bonds. The van der Waals surface area contributed by atoms with Gasteiger partial charge in [-0.2, -0.15) is 0 Å². The van der Waals surface area contributed by atoms with Gasteiger partial charge in [0.25, 0.3) is 0 Å². The first-order chi connectivity index (χ1) is 6.02. The molecule has 78 valence electrons. The second-order valence-corrected chi connectivity index (χ2v) is 4.17. The second kappa shape index (κ2) is 5.97. The molecule has 0 rings (SSSR count). The van der Waals surface area contributed by atoms with Crippen molar-refractivity contribution in [3.05, 3.63) is 0 Å². The van der Waals surface area contributed by atoms with Crippen molar-refractivity contribution in [3.63, 3.8) is 0 Å². The summed E-state index contributed by atoms with van der Waals surface area (Å²) in [4.78, 5) is 12.5. The lowest BCUT2D eigenvalue weighted by Gasteiger charge is -2.32. The third-order valence-electron chi connectivity index (χ3n) is 1.99. The maximum absolute atomic E-state index is 10.7. The average Bonchev–Trinajstić information content (AvgIpc) is 2.02. The summed E-state index contributed by atoms with van der Waals surface area (Å²) >= 11 is 0. The number of rotatable bonds is 6. The van der Waals surface area contributed by atoms with Crippen LogP contribution in [0.2, 0.25) is 0 Å². The Kier molecular flexibility index (Phi) is 5.71. The van der Waals surface area contributed by atoms with Crippen LogP contribution >= 0.6 is 0 Å². The van der Waals surface area contributed by atoms with Crippen LogP contribution in [0.3, 0.4) is 0 Å². The minimum Gasteiger partial charge on any atom is -0.385 e. The normalized spacial score (nSPS) is 11.4. The summed E-state index contributed by atoms with van der Waals surface area (Å²) in [7, 11) is 1.70. The van der Waals surface area contributed by atoms with Crippen LogP contribution in [0.1, 0.15) is 33.6 Å². The molecule has 0 fully saturated rings. The van der Waals surface area contributed by atoms with E-state index in [0.717, 1.165) is 32.4 Å². The highest BCUT2D eigenvalue weighted by molar-refractivity contribution is 5.48. The molecule has 0 N–H and O–H groups in total. The highest BCUT2D eigenvalue weighted by atomic mass is 16.5. The van der Waals surface area contributed by atoms with Crippen molar-refractivity contribution < 1.29 is 9.53 Å². The lowest BCUT2D eigenvalue weighted by atomic mass is 10.1. The van der Waals surface area contributed by atoms with Gasteiger partial charge in [0.15, 0.2) is 0 Å². The van der Waals surface area contributed by atoms with Crippen LogP contribution < -0.4 is 0 Å². The standard InChI is InChI=1S/C10H21NO2/c1-10(2,3)11(9-12)7-5-6-8-13-4/h9H,5-8H2,1-4H3. The zero-order chi connectivity index (χ0) is 10.3. The van der Waals surface area contributed by atoms with Gasteiger partial charge in [-0.15, -0.1) is 0 Å². The van der Waals surface area contributed by atoms with Crippen molar-refractivity contribution in [2.45, 2.75) is 39.2 Å². The van der Waals surface area contributed by atoms with Crippen LogP contribution in [0, 0.1) is 0 Å². The Hall–Kier alpha value is -0.570. The molecule has 0 radical (unpaired) electrons. The van der Waals surface area contributed by atoms with Gasteiger partial charge in [0.1, 0.15) is 0 Å². The van der Waals surface area contributed by atoms with Gasteiger partial charge < -0.3 is 9.64 Å². The van der Waals surface area contributed by atoms with Crippen LogP contribution in [0.25, 0.3) is 0 Å². The number of methoxy groups -OCH3 is 1. The first-order valence-corrected chi connectivity index (χ1v) is 4.73. The van der Waals surface area contributed by atoms with Crippen molar-refractivity contribution in [2.75, 3.05) is 20.3 Å². The average molecular weight is 187 g/mol. The first-order valence-electron chi connectivity index (χ1n) is 4.73. The molecule has 0 bridgehead atoms. The fraction of sp³-hybridized carbons (Fsp3) is 0.900. The summed E-state index contributed by atoms with van der Waals surface area (Å²) in [5.41, 5.74) is -0.0607. The van der Waals surface area contributed by atoms with Crippen LogP contribution in [0.4, 0.5) is 0 Å². The number of hydrogen-bond donors (Lipinski definition) is 0. The van der Waals surface area contributed by atoms with Gasteiger partial charge in [-0.1, -0.05) is 0 Å². The molecule has 0 aliphatic heterocycles. The van der Waals surface area contributed by atoms with E-state index >= 15 is 0 Å². The third-order valence-corrected chi connectivity index (χ3v) is 1.99. The zero-order valence-corrected chi connectivity index (χ0v) is 9.17. The molecule has 0 saturated carbocycles. The Labute approximate surface area is 81.1 Å². The molecular weight excluding hydrogens is 166 g/mol. The van der Waals surface area contributed by atoms with Gasteiger partial charge in [-0.3, -0.25) is 4.79 Å². The predicted molar refractivity (Wildman–Crippen MR) is 53.6 cm³/mol. The zero-order valence-electron chi connectivity index (χ0n) is 9.17. The molecule has 3 heteroatoms. The van der Waals surface area contributed by atoms with Gasteiger partial charge in [0.05, 0.1) is 0 Å². The molecule has 0 aromatic heterocycles. The Morgan fingerprint density at radius 2 is 1.92 bits per heavy atom.